The fourth-order valence-corrected chi connectivity index (χ4v) is 1.73. The van der Waals surface area contributed by atoms with Crippen molar-refractivity contribution in [3.8, 4) is 0 Å². The van der Waals surface area contributed by atoms with Crippen LogP contribution in [0.15, 0.2) is 0 Å². The number of nitrogens with two attached hydrogens (primary N) is 1. The van der Waals surface area contributed by atoms with Gasteiger partial charge in [-0.2, -0.15) is 5.10 Å². The lowest BCUT2D eigenvalue weighted by atomic mass is 10.1. The molecule has 72 valence electrons. The molecule has 1 aromatic heterocycles. The molecule has 0 atom stereocenters. The van der Waals surface area contributed by atoms with E-state index < -0.39 is 0 Å². The van der Waals surface area contributed by atoms with E-state index in [4.69, 9.17) is 10.8 Å². The first kappa shape index (κ1) is 8.52. The number of nitrogen functional groups attached to an aromatic ring is 1. The summed E-state index contributed by atoms with van der Waals surface area (Å²) in [5, 5.41) is 15.7. The van der Waals surface area contributed by atoms with Crippen LogP contribution in [-0.4, -0.2) is 39.9 Å². The third-order valence-electron chi connectivity index (χ3n) is 2.46. The van der Waals surface area contributed by atoms with Gasteiger partial charge in [0, 0.05) is 25.2 Å². The average Bonchev–Trinajstić information content (AvgIpc) is 2.48. The average molecular weight is 182 g/mol. The molecule has 1 aliphatic heterocycles. The van der Waals surface area contributed by atoms with Gasteiger partial charge >= 0.3 is 0 Å². The minimum absolute atomic E-state index is 0.207. The Morgan fingerprint density at radius 3 is 3.23 bits per heavy atom. The number of nitrogens with zero attached hydrogens (tertiary/aromatic N) is 2. The van der Waals surface area contributed by atoms with Crippen LogP contribution >= 0.6 is 0 Å². The molecule has 1 aliphatic rings. The number of H-pyrrole nitrogens is 1. The molecule has 0 amide bonds. The van der Waals surface area contributed by atoms with Crippen LogP contribution in [0.5, 0.6) is 0 Å². The van der Waals surface area contributed by atoms with Gasteiger partial charge in [0.2, 0.25) is 0 Å². The largest absolute Gasteiger partial charge is 0.395 e. The molecule has 13 heavy (non-hydrogen) atoms. The third-order valence-corrected chi connectivity index (χ3v) is 2.46. The number of anilines is 1. The lowest BCUT2D eigenvalue weighted by Gasteiger charge is -2.25. The number of aliphatic hydroxyl groups is 1. The maximum Gasteiger partial charge on any atom is 0.148 e. The van der Waals surface area contributed by atoms with E-state index in [1.54, 1.807) is 0 Å². The molecule has 0 bridgehead atoms. The van der Waals surface area contributed by atoms with Crippen LogP contribution in [0.25, 0.3) is 0 Å². The molecule has 0 unspecified atom stereocenters. The second-order valence-corrected chi connectivity index (χ2v) is 3.32. The molecule has 1 aromatic rings. The lowest BCUT2D eigenvalue weighted by Crippen LogP contribution is -2.32. The minimum Gasteiger partial charge on any atom is -0.395 e. The van der Waals surface area contributed by atoms with Gasteiger partial charge in [-0.1, -0.05) is 0 Å². The summed E-state index contributed by atoms with van der Waals surface area (Å²) >= 11 is 0. The third kappa shape index (κ3) is 1.52. The normalized spacial score (nSPS) is 17.3. The van der Waals surface area contributed by atoms with Gasteiger partial charge in [0.05, 0.1) is 12.3 Å². The zero-order valence-corrected chi connectivity index (χ0v) is 7.45. The summed E-state index contributed by atoms with van der Waals surface area (Å²) < 4.78 is 0. The first-order chi connectivity index (χ1) is 6.31. The molecule has 5 nitrogen and oxygen atoms in total. The predicted octanol–water partition coefficient (Wildman–Crippen LogP) is -0.658. The molecule has 0 saturated heterocycles. The van der Waals surface area contributed by atoms with Gasteiger partial charge in [-0.3, -0.25) is 10.00 Å². The standard InChI is InChI=1S/C8H14N4O/c9-8-6-1-2-12(3-4-13)5-7(6)10-11-8/h13H,1-5H2,(H3,9,10,11). The summed E-state index contributed by atoms with van der Waals surface area (Å²) in [6.45, 7) is 2.70. The van der Waals surface area contributed by atoms with Crippen molar-refractivity contribution in [2.24, 2.45) is 0 Å². The van der Waals surface area contributed by atoms with E-state index in [0.29, 0.717) is 5.82 Å². The van der Waals surface area contributed by atoms with E-state index in [-0.39, 0.29) is 6.61 Å². The van der Waals surface area contributed by atoms with Crippen LogP contribution in [0, 0.1) is 0 Å². The number of hydrogen-bond acceptors (Lipinski definition) is 4. The molecule has 0 aliphatic carbocycles. The topological polar surface area (TPSA) is 78.2 Å². The van der Waals surface area contributed by atoms with Crippen LogP contribution < -0.4 is 5.73 Å². The van der Waals surface area contributed by atoms with Crippen molar-refractivity contribution in [3.63, 3.8) is 0 Å². The van der Waals surface area contributed by atoms with Crippen LogP contribution in [0.1, 0.15) is 11.3 Å². The maximum absolute atomic E-state index is 8.78. The molecule has 0 aromatic carbocycles. The molecule has 0 radical (unpaired) electrons. The predicted molar refractivity (Wildman–Crippen MR) is 49.1 cm³/mol. The fourth-order valence-electron chi connectivity index (χ4n) is 1.73. The smallest absolute Gasteiger partial charge is 0.148 e. The van der Waals surface area contributed by atoms with Crippen LogP contribution in [0.3, 0.4) is 0 Å². The monoisotopic (exact) mass is 182 g/mol. The first-order valence-electron chi connectivity index (χ1n) is 4.46. The molecule has 0 saturated carbocycles. The van der Waals surface area contributed by atoms with Crippen molar-refractivity contribution in [2.45, 2.75) is 13.0 Å². The highest BCUT2D eigenvalue weighted by Gasteiger charge is 2.19. The highest BCUT2D eigenvalue weighted by atomic mass is 16.3. The number of aliphatic hydroxyl groups excluding tert-OH is 1. The Morgan fingerprint density at radius 1 is 1.62 bits per heavy atom. The van der Waals surface area contributed by atoms with Gasteiger partial charge in [0.15, 0.2) is 0 Å². The number of aromatic nitrogens is 2. The Bertz CT molecular complexity index is 296. The second-order valence-electron chi connectivity index (χ2n) is 3.32. The van der Waals surface area contributed by atoms with Gasteiger partial charge in [-0.25, -0.2) is 0 Å². The summed E-state index contributed by atoms with van der Waals surface area (Å²) in [5.74, 6) is 0.624. The Labute approximate surface area is 76.5 Å². The highest BCUT2D eigenvalue weighted by Crippen LogP contribution is 2.20. The van der Waals surface area contributed by atoms with Crippen LogP contribution in [0.4, 0.5) is 5.82 Å². The van der Waals surface area contributed by atoms with Crippen molar-refractivity contribution in [1.29, 1.82) is 0 Å². The van der Waals surface area contributed by atoms with Crippen molar-refractivity contribution in [3.05, 3.63) is 11.3 Å². The number of fused-ring (bicyclic) bond motifs is 1. The Hall–Kier alpha value is -1.07. The van der Waals surface area contributed by atoms with E-state index >= 15 is 0 Å². The molecule has 2 heterocycles. The lowest BCUT2D eigenvalue weighted by molar-refractivity contribution is 0.183. The zero-order valence-electron chi connectivity index (χ0n) is 7.45. The molecule has 5 heteroatoms. The Kier molecular flexibility index (Phi) is 2.20. The Balaban J connectivity index is 2.11. The van der Waals surface area contributed by atoms with Crippen molar-refractivity contribution in [1.82, 2.24) is 15.1 Å². The number of nitrogens with one attached hydrogen (secondary N) is 1. The van der Waals surface area contributed by atoms with Gasteiger partial charge in [-0.15, -0.1) is 0 Å². The SMILES string of the molecule is Nc1n[nH]c2c1CCN(CCO)C2. The van der Waals surface area contributed by atoms with Crippen molar-refractivity contribution in [2.75, 3.05) is 25.4 Å². The molecule has 0 spiro atoms. The van der Waals surface area contributed by atoms with Gasteiger partial charge < -0.3 is 10.8 Å². The minimum atomic E-state index is 0.207. The molecule has 0 fully saturated rings. The van der Waals surface area contributed by atoms with Gasteiger partial charge in [0.1, 0.15) is 5.82 Å². The van der Waals surface area contributed by atoms with Crippen LogP contribution in [0.2, 0.25) is 0 Å². The maximum atomic E-state index is 8.78. The molecule has 4 N–H and O–H groups in total. The summed E-state index contributed by atoms with van der Waals surface area (Å²) in [4.78, 5) is 2.18. The van der Waals surface area contributed by atoms with E-state index in [9.17, 15) is 0 Å². The van der Waals surface area contributed by atoms with E-state index in [1.165, 1.54) is 0 Å². The van der Waals surface area contributed by atoms with Crippen molar-refractivity contribution >= 4 is 5.82 Å². The quantitative estimate of drug-likeness (QED) is 0.567. The highest BCUT2D eigenvalue weighted by molar-refractivity contribution is 5.43. The molecular weight excluding hydrogens is 168 g/mol. The number of aromatic amines is 1. The Morgan fingerprint density at radius 2 is 2.46 bits per heavy atom. The number of rotatable bonds is 2. The summed E-state index contributed by atoms with van der Waals surface area (Å²) in [5.41, 5.74) is 7.91. The van der Waals surface area contributed by atoms with E-state index in [0.717, 1.165) is 37.3 Å². The molecule has 2 rings (SSSR count). The zero-order chi connectivity index (χ0) is 9.26. The first-order valence-corrected chi connectivity index (χ1v) is 4.46. The summed E-state index contributed by atoms with van der Waals surface area (Å²) in [6, 6.07) is 0. The van der Waals surface area contributed by atoms with Gasteiger partial charge in [0.25, 0.3) is 0 Å². The number of hydrogen-bond donors (Lipinski definition) is 3. The second kappa shape index (κ2) is 3.35. The number of β-amino-alcohol motifs (C(OH)–C–C–N with tert-alkyl or cyclic N) is 1. The van der Waals surface area contributed by atoms with E-state index in [1.807, 2.05) is 0 Å². The van der Waals surface area contributed by atoms with Crippen LogP contribution in [-0.2, 0) is 13.0 Å². The summed E-state index contributed by atoms with van der Waals surface area (Å²) in [6.07, 6.45) is 0.928. The fraction of sp³-hybridized carbons (Fsp3) is 0.625. The molecular formula is C8H14N4O. The van der Waals surface area contributed by atoms with E-state index in [2.05, 4.69) is 15.1 Å². The van der Waals surface area contributed by atoms with Gasteiger partial charge in [-0.05, 0) is 6.42 Å². The summed E-state index contributed by atoms with van der Waals surface area (Å²) in [7, 11) is 0. The van der Waals surface area contributed by atoms with Crippen molar-refractivity contribution < 1.29 is 5.11 Å².